The highest BCUT2D eigenvalue weighted by Crippen LogP contribution is 2.39. The van der Waals surface area contributed by atoms with Crippen LogP contribution in [0.3, 0.4) is 0 Å². The van der Waals surface area contributed by atoms with Crippen LogP contribution in [0.5, 0.6) is 5.75 Å². The van der Waals surface area contributed by atoms with Gasteiger partial charge in [-0.05, 0) is 68.1 Å². The zero-order valence-corrected chi connectivity index (χ0v) is 17.5. The predicted molar refractivity (Wildman–Crippen MR) is 115 cm³/mol. The molecule has 0 spiro atoms. The number of carbonyl (C=O) groups excluding carboxylic acids is 2. The molecule has 0 aliphatic heterocycles. The van der Waals surface area contributed by atoms with Crippen LogP contribution in [0.15, 0.2) is 24.3 Å². The van der Waals surface area contributed by atoms with Gasteiger partial charge in [0.15, 0.2) is 5.11 Å². The number of amides is 2. The van der Waals surface area contributed by atoms with E-state index in [0.29, 0.717) is 34.4 Å². The van der Waals surface area contributed by atoms with E-state index in [2.05, 4.69) is 17.6 Å². The molecule has 1 atom stereocenters. The van der Waals surface area contributed by atoms with Gasteiger partial charge in [0.2, 0.25) is 0 Å². The lowest BCUT2D eigenvalue weighted by Gasteiger charge is -2.18. The van der Waals surface area contributed by atoms with Gasteiger partial charge < -0.3 is 15.8 Å². The number of thiocarbonyl (C=S) groups is 1. The molecule has 1 heterocycles. The van der Waals surface area contributed by atoms with Crippen molar-refractivity contribution in [2.45, 2.75) is 33.1 Å². The van der Waals surface area contributed by atoms with Gasteiger partial charge in [-0.2, -0.15) is 0 Å². The molecule has 1 aliphatic carbocycles. The number of rotatable bonds is 5. The summed E-state index contributed by atoms with van der Waals surface area (Å²) in [5.74, 6) is 0.358. The second kappa shape index (κ2) is 8.70. The van der Waals surface area contributed by atoms with E-state index in [1.165, 1.54) is 11.3 Å². The third-order valence-electron chi connectivity index (χ3n) is 4.62. The first-order chi connectivity index (χ1) is 13.4. The van der Waals surface area contributed by atoms with Gasteiger partial charge in [-0.3, -0.25) is 14.9 Å². The Balaban J connectivity index is 1.74. The molecule has 2 aromatic rings. The van der Waals surface area contributed by atoms with Crippen LogP contribution in [0.4, 0.5) is 5.00 Å². The van der Waals surface area contributed by atoms with Crippen LogP contribution < -0.4 is 21.1 Å². The number of fused-ring (bicyclic) bond motifs is 1. The van der Waals surface area contributed by atoms with E-state index in [1.807, 2.05) is 6.92 Å². The summed E-state index contributed by atoms with van der Waals surface area (Å²) in [4.78, 5) is 25.6. The predicted octanol–water partition coefficient (Wildman–Crippen LogP) is 3.50. The smallest absolute Gasteiger partial charge is 0.257 e. The van der Waals surface area contributed by atoms with Gasteiger partial charge in [0.25, 0.3) is 11.8 Å². The molecular formula is C20H23N3O3S2. The number of nitrogens with two attached hydrogens (primary N) is 1. The standard InChI is InChI=1S/C20H23N3O3S2/c1-3-26-13-6-4-5-12(10-13)18(25)22-20(27)23-19-16(17(21)24)14-8-7-11(2)9-15(14)28-19/h4-6,10-11H,3,7-9H2,1-2H3,(H2,21,24)(H2,22,23,25,27). The Hall–Kier alpha value is -2.45. The summed E-state index contributed by atoms with van der Waals surface area (Å²) in [6, 6.07) is 6.87. The van der Waals surface area contributed by atoms with Gasteiger partial charge in [-0.1, -0.05) is 13.0 Å². The first kappa shape index (κ1) is 20.3. The van der Waals surface area contributed by atoms with Crippen molar-refractivity contribution in [2.24, 2.45) is 11.7 Å². The lowest BCUT2D eigenvalue weighted by atomic mass is 9.88. The maximum absolute atomic E-state index is 12.5. The highest BCUT2D eigenvalue weighted by molar-refractivity contribution is 7.80. The van der Waals surface area contributed by atoms with E-state index in [-0.39, 0.29) is 11.0 Å². The number of hydrogen-bond acceptors (Lipinski definition) is 5. The summed E-state index contributed by atoms with van der Waals surface area (Å²) in [6.45, 7) is 4.59. The van der Waals surface area contributed by atoms with E-state index in [4.69, 9.17) is 22.7 Å². The van der Waals surface area contributed by atoms with Gasteiger partial charge in [-0.25, -0.2) is 0 Å². The Morgan fingerprint density at radius 3 is 2.89 bits per heavy atom. The number of ether oxygens (including phenoxy) is 1. The first-order valence-corrected chi connectivity index (χ1v) is 10.4. The molecule has 0 saturated carbocycles. The maximum Gasteiger partial charge on any atom is 0.257 e. The molecule has 1 aromatic carbocycles. The minimum atomic E-state index is -0.479. The molecule has 2 amide bonds. The Morgan fingerprint density at radius 1 is 1.39 bits per heavy atom. The summed E-state index contributed by atoms with van der Waals surface area (Å²) >= 11 is 6.77. The van der Waals surface area contributed by atoms with Gasteiger partial charge in [0.1, 0.15) is 10.8 Å². The second-order valence-electron chi connectivity index (χ2n) is 6.79. The zero-order chi connectivity index (χ0) is 20.3. The molecule has 1 aliphatic rings. The Labute approximate surface area is 173 Å². The second-order valence-corrected chi connectivity index (χ2v) is 8.30. The van der Waals surface area contributed by atoms with Gasteiger partial charge in [0, 0.05) is 10.4 Å². The molecule has 0 radical (unpaired) electrons. The highest BCUT2D eigenvalue weighted by atomic mass is 32.1. The topological polar surface area (TPSA) is 93.4 Å². The number of primary amides is 1. The van der Waals surface area contributed by atoms with E-state index < -0.39 is 5.91 Å². The average Bonchev–Trinajstić information content (AvgIpc) is 2.98. The fourth-order valence-electron chi connectivity index (χ4n) is 3.30. The van der Waals surface area contributed by atoms with Crippen molar-refractivity contribution >= 4 is 45.5 Å². The fraction of sp³-hybridized carbons (Fsp3) is 0.350. The minimum absolute atomic E-state index is 0.126. The van der Waals surface area contributed by atoms with Crippen LogP contribution in [0.1, 0.15) is 51.4 Å². The number of benzene rings is 1. The summed E-state index contributed by atoms with van der Waals surface area (Å²) < 4.78 is 5.42. The van der Waals surface area contributed by atoms with Crippen molar-refractivity contribution in [3.05, 3.63) is 45.8 Å². The summed E-state index contributed by atoms with van der Waals surface area (Å²) in [6.07, 6.45) is 2.78. The fourth-order valence-corrected chi connectivity index (χ4v) is 4.98. The number of hydrogen-bond donors (Lipinski definition) is 3. The molecule has 148 valence electrons. The molecule has 8 heteroatoms. The largest absolute Gasteiger partial charge is 0.494 e. The SMILES string of the molecule is CCOc1cccc(C(=O)NC(=S)Nc2sc3c(c2C(N)=O)CCC(C)C3)c1. The molecule has 6 nitrogen and oxygen atoms in total. The van der Waals surface area contributed by atoms with Crippen LogP contribution in [0.25, 0.3) is 0 Å². The summed E-state index contributed by atoms with van der Waals surface area (Å²) in [5.41, 5.74) is 7.55. The van der Waals surface area contributed by atoms with E-state index in [9.17, 15) is 9.59 Å². The van der Waals surface area contributed by atoms with Gasteiger partial charge in [0.05, 0.1) is 12.2 Å². The lowest BCUT2D eigenvalue weighted by Crippen LogP contribution is -2.34. The molecule has 0 bridgehead atoms. The zero-order valence-electron chi connectivity index (χ0n) is 15.8. The van der Waals surface area contributed by atoms with Gasteiger partial charge >= 0.3 is 0 Å². The summed E-state index contributed by atoms with van der Waals surface area (Å²) in [5, 5.41) is 6.36. The summed E-state index contributed by atoms with van der Waals surface area (Å²) in [7, 11) is 0. The van der Waals surface area contributed by atoms with Crippen molar-refractivity contribution in [2.75, 3.05) is 11.9 Å². The van der Waals surface area contributed by atoms with Crippen molar-refractivity contribution in [1.29, 1.82) is 0 Å². The Kier molecular flexibility index (Phi) is 6.31. The van der Waals surface area contributed by atoms with E-state index in [1.54, 1.807) is 24.3 Å². The Morgan fingerprint density at radius 2 is 2.18 bits per heavy atom. The van der Waals surface area contributed by atoms with Crippen LogP contribution in [0.2, 0.25) is 0 Å². The normalized spacial score (nSPS) is 15.4. The van der Waals surface area contributed by atoms with E-state index in [0.717, 1.165) is 29.7 Å². The molecule has 0 saturated heterocycles. The quantitative estimate of drug-likeness (QED) is 0.648. The number of thiophene rings is 1. The molecule has 1 aromatic heterocycles. The van der Waals surface area contributed by atoms with Gasteiger partial charge in [-0.15, -0.1) is 11.3 Å². The molecule has 0 fully saturated rings. The van der Waals surface area contributed by atoms with Crippen LogP contribution in [0, 0.1) is 5.92 Å². The highest BCUT2D eigenvalue weighted by Gasteiger charge is 2.27. The maximum atomic E-state index is 12.5. The molecule has 3 rings (SSSR count). The number of nitrogens with one attached hydrogen (secondary N) is 2. The van der Waals surface area contributed by atoms with Crippen molar-refractivity contribution in [3.63, 3.8) is 0 Å². The lowest BCUT2D eigenvalue weighted by molar-refractivity contribution is 0.0975. The first-order valence-electron chi connectivity index (χ1n) is 9.18. The molecular weight excluding hydrogens is 394 g/mol. The monoisotopic (exact) mass is 417 g/mol. The average molecular weight is 418 g/mol. The molecule has 4 N–H and O–H groups in total. The third kappa shape index (κ3) is 4.51. The third-order valence-corrected chi connectivity index (χ3v) is 5.99. The van der Waals surface area contributed by atoms with Crippen LogP contribution in [-0.2, 0) is 12.8 Å². The van der Waals surface area contributed by atoms with Crippen molar-refractivity contribution in [1.82, 2.24) is 5.32 Å². The van der Waals surface area contributed by atoms with E-state index >= 15 is 0 Å². The van der Waals surface area contributed by atoms with Crippen molar-refractivity contribution < 1.29 is 14.3 Å². The molecule has 28 heavy (non-hydrogen) atoms. The number of anilines is 1. The van der Waals surface area contributed by atoms with Crippen LogP contribution >= 0.6 is 23.6 Å². The van der Waals surface area contributed by atoms with Crippen LogP contribution in [-0.4, -0.2) is 23.5 Å². The van der Waals surface area contributed by atoms with Crippen molar-refractivity contribution in [3.8, 4) is 5.75 Å². The molecule has 1 unspecified atom stereocenters. The minimum Gasteiger partial charge on any atom is -0.494 e. The Bertz CT molecular complexity index is 923. The number of carbonyl (C=O) groups is 2.